The Hall–Kier alpha value is -1.92. The minimum atomic E-state index is 0.519. The van der Waals surface area contributed by atoms with Crippen molar-refractivity contribution >= 4 is 11.3 Å². The zero-order chi connectivity index (χ0) is 14.9. The standard InChI is InChI=1S/C16H19N5S/c1-11-7-17-16(19-11)12-4-5-21(9-12)10-13-8-18-20-15(13)14-3-2-6-22-14/h2-3,6-8,12H,4-5,9-10H2,1H3,(H,17,19)(H,18,20). The van der Waals surface area contributed by atoms with E-state index in [4.69, 9.17) is 0 Å². The fourth-order valence-electron chi connectivity index (χ4n) is 3.15. The van der Waals surface area contributed by atoms with Crippen molar-refractivity contribution in [3.63, 3.8) is 0 Å². The molecule has 3 aromatic heterocycles. The number of aromatic nitrogens is 4. The van der Waals surface area contributed by atoms with Gasteiger partial charge in [0.15, 0.2) is 0 Å². The molecule has 1 saturated heterocycles. The Bertz CT molecular complexity index is 742. The van der Waals surface area contributed by atoms with Crippen LogP contribution in [0.2, 0.25) is 0 Å². The number of H-pyrrole nitrogens is 2. The molecule has 1 fully saturated rings. The van der Waals surface area contributed by atoms with Crippen molar-refractivity contribution in [1.82, 2.24) is 25.1 Å². The molecule has 0 aliphatic carbocycles. The largest absolute Gasteiger partial charge is 0.346 e. The number of nitrogens with one attached hydrogen (secondary N) is 2. The predicted molar refractivity (Wildman–Crippen MR) is 87.9 cm³/mol. The summed E-state index contributed by atoms with van der Waals surface area (Å²) < 4.78 is 0. The molecule has 0 saturated carbocycles. The second kappa shape index (κ2) is 5.70. The first-order valence-electron chi connectivity index (χ1n) is 7.59. The molecule has 2 N–H and O–H groups in total. The van der Waals surface area contributed by atoms with Crippen LogP contribution in [0.4, 0.5) is 0 Å². The van der Waals surface area contributed by atoms with E-state index in [1.807, 2.05) is 12.4 Å². The molecule has 22 heavy (non-hydrogen) atoms. The van der Waals surface area contributed by atoms with E-state index in [0.717, 1.165) is 36.8 Å². The van der Waals surface area contributed by atoms with Crippen molar-refractivity contribution in [2.75, 3.05) is 13.1 Å². The van der Waals surface area contributed by atoms with E-state index in [-0.39, 0.29) is 0 Å². The maximum absolute atomic E-state index is 4.49. The number of aromatic amines is 2. The maximum Gasteiger partial charge on any atom is 0.110 e. The Balaban J connectivity index is 1.46. The van der Waals surface area contributed by atoms with Crippen molar-refractivity contribution in [2.24, 2.45) is 0 Å². The normalized spacial score (nSPS) is 19.0. The Morgan fingerprint density at radius 1 is 1.41 bits per heavy atom. The molecule has 1 aliphatic rings. The van der Waals surface area contributed by atoms with Gasteiger partial charge in [-0.2, -0.15) is 5.10 Å². The highest BCUT2D eigenvalue weighted by Gasteiger charge is 2.26. The molecule has 1 unspecified atom stereocenters. The van der Waals surface area contributed by atoms with Gasteiger partial charge in [-0.25, -0.2) is 4.98 Å². The first-order chi connectivity index (χ1) is 10.8. The molecule has 4 heterocycles. The van der Waals surface area contributed by atoms with Gasteiger partial charge in [-0.15, -0.1) is 11.3 Å². The molecule has 4 rings (SSSR count). The van der Waals surface area contributed by atoms with Crippen molar-refractivity contribution < 1.29 is 0 Å². The third-order valence-corrected chi connectivity index (χ3v) is 5.15. The molecule has 0 radical (unpaired) electrons. The average Bonchev–Trinajstić information content (AvgIpc) is 3.25. The van der Waals surface area contributed by atoms with Gasteiger partial charge in [0, 0.05) is 36.5 Å². The predicted octanol–water partition coefficient (Wildman–Crippen LogP) is 3.16. The van der Waals surface area contributed by atoms with Crippen LogP contribution in [-0.4, -0.2) is 38.2 Å². The summed E-state index contributed by atoms with van der Waals surface area (Å²) in [6, 6.07) is 4.22. The van der Waals surface area contributed by atoms with Gasteiger partial charge in [0.1, 0.15) is 5.82 Å². The van der Waals surface area contributed by atoms with E-state index in [1.54, 1.807) is 11.3 Å². The molecule has 1 aliphatic heterocycles. The Morgan fingerprint density at radius 2 is 2.36 bits per heavy atom. The van der Waals surface area contributed by atoms with Gasteiger partial charge < -0.3 is 4.98 Å². The summed E-state index contributed by atoms with van der Waals surface area (Å²) in [5.41, 5.74) is 3.58. The molecule has 5 nitrogen and oxygen atoms in total. The molecule has 0 aromatic carbocycles. The Morgan fingerprint density at radius 3 is 3.14 bits per heavy atom. The summed E-state index contributed by atoms with van der Waals surface area (Å²) in [6.45, 7) is 5.17. The lowest BCUT2D eigenvalue weighted by Crippen LogP contribution is -2.20. The highest BCUT2D eigenvalue weighted by atomic mass is 32.1. The molecule has 114 valence electrons. The number of imidazole rings is 1. The first-order valence-corrected chi connectivity index (χ1v) is 8.47. The van der Waals surface area contributed by atoms with E-state index in [2.05, 4.69) is 49.5 Å². The lowest BCUT2D eigenvalue weighted by atomic mass is 10.1. The van der Waals surface area contributed by atoms with Crippen LogP contribution in [0.1, 0.15) is 29.4 Å². The molecular formula is C16H19N5S. The lowest BCUT2D eigenvalue weighted by molar-refractivity contribution is 0.326. The number of likely N-dealkylation sites (tertiary alicyclic amines) is 1. The monoisotopic (exact) mass is 313 g/mol. The smallest absolute Gasteiger partial charge is 0.110 e. The highest BCUT2D eigenvalue weighted by Crippen LogP contribution is 2.30. The summed E-state index contributed by atoms with van der Waals surface area (Å²) in [5.74, 6) is 1.65. The zero-order valence-corrected chi connectivity index (χ0v) is 13.4. The number of aryl methyl sites for hydroxylation is 1. The Labute approximate surface area is 133 Å². The maximum atomic E-state index is 4.49. The van der Waals surface area contributed by atoms with Crippen LogP contribution in [0.3, 0.4) is 0 Å². The van der Waals surface area contributed by atoms with Crippen LogP contribution in [-0.2, 0) is 6.54 Å². The quantitative estimate of drug-likeness (QED) is 0.778. The summed E-state index contributed by atoms with van der Waals surface area (Å²) >= 11 is 1.75. The minimum Gasteiger partial charge on any atom is -0.346 e. The fourth-order valence-corrected chi connectivity index (χ4v) is 3.90. The summed E-state index contributed by atoms with van der Waals surface area (Å²) in [7, 11) is 0. The van der Waals surface area contributed by atoms with Gasteiger partial charge in [-0.05, 0) is 31.3 Å². The number of rotatable bonds is 4. The second-order valence-corrected chi connectivity index (χ2v) is 6.87. The van der Waals surface area contributed by atoms with Gasteiger partial charge in [-0.1, -0.05) is 6.07 Å². The number of hydrogen-bond donors (Lipinski definition) is 2. The van der Waals surface area contributed by atoms with Crippen LogP contribution in [0.5, 0.6) is 0 Å². The van der Waals surface area contributed by atoms with Gasteiger partial charge in [0.2, 0.25) is 0 Å². The third-order valence-electron chi connectivity index (χ3n) is 4.26. The first kappa shape index (κ1) is 13.7. The van der Waals surface area contributed by atoms with Crippen molar-refractivity contribution in [1.29, 1.82) is 0 Å². The number of hydrogen-bond acceptors (Lipinski definition) is 4. The fraction of sp³-hybridized carbons (Fsp3) is 0.375. The van der Waals surface area contributed by atoms with Crippen LogP contribution in [0.25, 0.3) is 10.6 Å². The molecule has 6 heteroatoms. The lowest BCUT2D eigenvalue weighted by Gasteiger charge is -2.15. The second-order valence-electron chi connectivity index (χ2n) is 5.92. The van der Waals surface area contributed by atoms with Gasteiger partial charge in [0.25, 0.3) is 0 Å². The molecule has 1 atom stereocenters. The Kier molecular flexibility index (Phi) is 3.56. The van der Waals surface area contributed by atoms with Gasteiger partial charge in [-0.3, -0.25) is 10.00 Å². The van der Waals surface area contributed by atoms with Crippen LogP contribution in [0, 0.1) is 6.92 Å². The molecule has 3 aromatic rings. The van der Waals surface area contributed by atoms with E-state index in [1.165, 1.54) is 16.9 Å². The van der Waals surface area contributed by atoms with Crippen LogP contribution in [0.15, 0.2) is 29.9 Å². The van der Waals surface area contributed by atoms with Crippen LogP contribution >= 0.6 is 11.3 Å². The summed E-state index contributed by atoms with van der Waals surface area (Å²) in [4.78, 5) is 11.6. The molecule has 0 amide bonds. The number of thiophene rings is 1. The average molecular weight is 313 g/mol. The topological polar surface area (TPSA) is 60.6 Å². The summed E-state index contributed by atoms with van der Waals surface area (Å²) in [5, 5.41) is 9.48. The number of nitrogens with zero attached hydrogens (tertiary/aromatic N) is 3. The van der Waals surface area contributed by atoms with E-state index in [9.17, 15) is 0 Å². The van der Waals surface area contributed by atoms with E-state index in [0.29, 0.717) is 5.92 Å². The van der Waals surface area contributed by atoms with Crippen molar-refractivity contribution in [3.8, 4) is 10.6 Å². The van der Waals surface area contributed by atoms with Crippen molar-refractivity contribution in [2.45, 2.75) is 25.8 Å². The third kappa shape index (κ3) is 2.60. The van der Waals surface area contributed by atoms with Crippen molar-refractivity contribution in [3.05, 3.63) is 47.0 Å². The SMILES string of the molecule is Cc1cnc(C2CCN(Cc3cn[nH]c3-c3cccs3)C2)[nH]1. The van der Waals surface area contributed by atoms with E-state index >= 15 is 0 Å². The molecule has 0 spiro atoms. The zero-order valence-electron chi connectivity index (χ0n) is 12.5. The van der Waals surface area contributed by atoms with Crippen LogP contribution < -0.4 is 0 Å². The van der Waals surface area contributed by atoms with Gasteiger partial charge >= 0.3 is 0 Å². The van der Waals surface area contributed by atoms with E-state index < -0.39 is 0 Å². The molecule has 0 bridgehead atoms. The highest BCUT2D eigenvalue weighted by molar-refractivity contribution is 7.13. The molecular weight excluding hydrogens is 294 g/mol. The van der Waals surface area contributed by atoms with Gasteiger partial charge in [0.05, 0.1) is 16.8 Å². The summed E-state index contributed by atoms with van der Waals surface area (Å²) in [6.07, 6.45) is 5.04. The minimum absolute atomic E-state index is 0.519.